The Morgan fingerprint density at radius 3 is 3.00 bits per heavy atom. The van der Waals surface area contributed by atoms with Crippen LogP contribution in [0.5, 0.6) is 0 Å². The molecule has 0 amide bonds. The summed E-state index contributed by atoms with van der Waals surface area (Å²) < 4.78 is 22.6. The van der Waals surface area contributed by atoms with Crippen LogP contribution < -0.4 is 0 Å². The Morgan fingerprint density at radius 2 is 2.54 bits per heavy atom. The molecule has 1 fully saturated rings. The maximum atomic E-state index is 13.1. The fourth-order valence-electron chi connectivity index (χ4n) is 1.03. The van der Waals surface area contributed by atoms with E-state index < -0.39 is 18.2 Å². The minimum absolute atomic E-state index is 0.185. The van der Waals surface area contributed by atoms with Gasteiger partial charge in [-0.1, -0.05) is 6.58 Å². The molecule has 3 nitrogen and oxygen atoms in total. The van der Waals surface area contributed by atoms with Gasteiger partial charge in [0.2, 0.25) is 0 Å². The summed E-state index contributed by atoms with van der Waals surface area (Å²) >= 11 is 0. The number of carbonyl (C=O) groups is 1. The Labute approximate surface area is 76.5 Å². The van der Waals surface area contributed by atoms with Crippen molar-refractivity contribution in [2.24, 2.45) is 0 Å². The van der Waals surface area contributed by atoms with Crippen molar-refractivity contribution in [3.8, 4) is 0 Å². The molecule has 4 heteroatoms. The number of alkyl halides is 1. The highest BCUT2D eigenvalue weighted by atomic mass is 19.1. The van der Waals surface area contributed by atoms with E-state index in [9.17, 15) is 9.18 Å². The lowest BCUT2D eigenvalue weighted by Gasteiger charge is -2.13. The first-order chi connectivity index (χ1) is 6.13. The second-order valence-electron chi connectivity index (χ2n) is 3.08. The molecule has 3 atom stereocenters. The molecule has 1 saturated heterocycles. The van der Waals surface area contributed by atoms with Crippen molar-refractivity contribution < 1.29 is 18.7 Å². The van der Waals surface area contributed by atoms with Gasteiger partial charge in [0.15, 0.2) is 0 Å². The quantitative estimate of drug-likeness (QED) is 0.370. The van der Waals surface area contributed by atoms with Crippen LogP contribution in [-0.2, 0) is 14.3 Å². The highest BCUT2D eigenvalue weighted by molar-refractivity contribution is 5.81. The van der Waals surface area contributed by atoms with Crippen LogP contribution in [0.25, 0.3) is 0 Å². The fourth-order valence-corrected chi connectivity index (χ4v) is 1.03. The maximum absolute atomic E-state index is 13.1. The van der Waals surface area contributed by atoms with E-state index in [0.29, 0.717) is 6.61 Å². The second-order valence-corrected chi connectivity index (χ2v) is 3.08. The normalized spacial score (nSPS) is 24.6. The molecule has 1 aliphatic heterocycles. The van der Waals surface area contributed by atoms with Gasteiger partial charge in [-0.2, -0.15) is 0 Å². The van der Waals surface area contributed by atoms with Gasteiger partial charge in [-0.25, -0.2) is 9.18 Å². The van der Waals surface area contributed by atoms with Crippen molar-refractivity contribution in [1.29, 1.82) is 0 Å². The van der Waals surface area contributed by atoms with Crippen LogP contribution in [0.3, 0.4) is 0 Å². The van der Waals surface area contributed by atoms with Crippen LogP contribution in [0.15, 0.2) is 12.7 Å². The molecule has 74 valence electrons. The second kappa shape index (κ2) is 4.37. The standard InChI is InChI=1S/C9H13FO3/c1-3-9(11)13-6(2)4-7(10)8-5-12-8/h3,6-8H,1,4-5H2,2H3. The molecule has 13 heavy (non-hydrogen) atoms. The Balaban J connectivity index is 2.19. The molecule has 0 N–H and O–H groups in total. The van der Waals surface area contributed by atoms with Crippen molar-refractivity contribution in [2.45, 2.75) is 31.7 Å². The predicted molar refractivity (Wildman–Crippen MR) is 45.0 cm³/mol. The third kappa shape index (κ3) is 3.55. The third-order valence-corrected chi connectivity index (χ3v) is 1.80. The van der Waals surface area contributed by atoms with E-state index in [1.54, 1.807) is 6.92 Å². The van der Waals surface area contributed by atoms with Gasteiger partial charge >= 0.3 is 5.97 Å². The molecule has 3 unspecified atom stereocenters. The van der Waals surface area contributed by atoms with Crippen molar-refractivity contribution in [1.82, 2.24) is 0 Å². The minimum atomic E-state index is -1.03. The molecular weight excluding hydrogens is 175 g/mol. The number of hydrogen-bond donors (Lipinski definition) is 0. The molecule has 0 aromatic heterocycles. The molecule has 1 aliphatic rings. The lowest BCUT2D eigenvalue weighted by atomic mass is 10.1. The van der Waals surface area contributed by atoms with Crippen molar-refractivity contribution >= 4 is 5.97 Å². The van der Waals surface area contributed by atoms with Crippen LogP contribution in [0, 0.1) is 0 Å². The maximum Gasteiger partial charge on any atom is 0.330 e. The van der Waals surface area contributed by atoms with Crippen LogP contribution in [0.4, 0.5) is 4.39 Å². The average Bonchev–Trinajstić information content (AvgIpc) is 2.85. The van der Waals surface area contributed by atoms with Gasteiger partial charge in [-0.15, -0.1) is 0 Å². The van der Waals surface area contributed by atoms with E-state index in [0.717, 1.165) is 6.08 Å². The first-order valence-corrected chi connectivity index (χ1v) is 4.22. The third-order valence-electron chi connectivity index (χ3n) is 1.80. The number of ether oxygens (including phenoxy) is 2. The topological polar surface area (TPSA) is 38.8 Å². The molecule has 1 rings (SSSR count). The summed E-state index contributed by atoms with van der Waals surface area (Å²) in [5.41, 5.74) is 0. The van der Waals surface area contributed by atoms with Crippen molar-refractivity contribution in [3.63, 3.8) is 0 Å². The summed E-state index contributed by atoms with van der Waals surface area (Å²) in [6.45, 7) is 5.37. The number of carbonyl (C=O) groups excluding carboxylic acids is 1. The molecule has 0 radical (unpaired) electrons. The van der Waals surface area contributed by atoms with E-state index in [4.69, 9.17) is 9.47 Å². The Morgan fingerprint density at radius 1 is 1.92 bits per heavy atom. The van der Waals surface area contributed by atoms with Crippen LogP contribution >= 0.6 is 0 Å². The summed E-state index contributed by atoms with van der Waals surface area (Å²) in [4.78, 5) is 10.7. The molecule has 0 spiro atoms. The molecule has 1 heterocycles. The van der Waals surface area contributed by atoms with Gasteiger partial charge in [0.05, 0.1) is 6.61 Å². The highest BCUT2D eigenvalue weighted by Crippen LogP contribution is 2.21. The highest BCUT2D eigenvalue weighted by Gasteiger charge is 2.34. The average molecular weight is 188 g/mol. The Bertz CT molecular complexity index is 201. The zero-order chi connectivity index (χ0) is 9.84. The zero-order valence-electron chi connectivity index (χ0n) is 7.53. The summed E-state index contributed by atoms with van der Waals surface area (Å²) in [5, 5.41) is 0. The SMILES string of the molecule is C=CC(=O)OC(C)CC(F)C1CO1. The van der Waals surface area contributed by atoms with Gasteiger partial charge in [-0.3, -0.25) is 0 Å². The molecule has 0 aliphatic carbocycles. The summed E-state index contributed by atoms with van der Waals surface area (Å²) in [7, 11) is 0. The van der Waals surface area contributed by atoms with Gasteiger partial charge in [-0.05, 0) is 6.92 Å². The molecule has 0 saturated carbocycles. The van der Waals surface area contributed by atoms with E-state index in [2.05, 4.69) is 6.58 Å². The monoisotopic (exact) mass is 188 g/mol. The Kier molecular flexibility index (Phi) is 3.42. The summed E-state index contributed by atoms with van der Waals surface area (Å²) in [6, 6.07) is 0. The predicted octanol–water partition coefficient (Wildman–Crippen LogP) is 1.23. The summed E-state index contributed by atoms with van der Waals surface area (Å²) in [6.07, 6.45) is -0.496. The number of halogens is 1. The summed E-state index contributed by atoms with van der Waals surface area (Å²) in [5.74, 6) is -0.517. The smallest absolute Gasteiger partial charge is 0.330 e. The number of hydrogen-bond acceptors (Lipinski definition) is 3. The first kappa shape index (κ1) is 10.2. The molecular formula is C9H13FO3. The molecule has 0 bridgehead atoms. The van der Waals surface area contributed by atoms with Gasteiger partial charge in [0.1, 0.15) is 18.4 Å². The van der Waals surface area contributed by atoms with Crippen LogP contribution in [-0.4, -0.2) is 31.0 Å². The van der Waals surface area contributed by atoms with E-state index in [1.807, 2.05) is 0 Å². The minimum Gasteiger partial charge on any atom is -0.459 e. The van der Waals surface area contributed by atoms with E-state index >= 15 is 0 Å². The Hall–Kier alpha value is -0.900. The zero-order valence-corrected chi connectivity index (χ0v) is 7.53. The molecule has 0 aromatic carbocycles. The van der Waals surface area contributed by atoms with E-state index in [-0.39, 0.29) is 12.5 Å². The lowest BCUT2D eigenvalue weighted by molar-refractivity contribution is -0.143. The fraction of sp³-hybridized carbons (Fsp3) is 0.667. The van der Waals surface area contributed by atoms with Crippen molar-refractivity contribution in [3.05, 3.63) is 12.7 Å². The van der Waals surface area contributed by atoms with Gasteiger partial charge < -0.3 is 9.47 Å². The van der Waals surface area contributed by atoms with E-state index in [1.165, 1.54) is 0 Å². The number of esters is 1. The van der Waals surface area contributed by atoms with Gasteiger partial charge in [0.25, 0.3) is 0 Å². The largest absolute Gasteiger partial charge is 0.459 e. The van der Waals surface area contributed by atoms with Gasteiger partial charge in [0, 0.05) is 12.5 Å². The number of epoxide rings is 1. The number of rotatable bonds is 5. The lowest BCUT2D eigenvalue weighted by Crippen LogP contribution is -2.21. The molecule has 0 aromatic rings. The van der Waals surface area contributed by atoms with Crippen molar-refractivity contribution in [2.75, 3.05) is 6.61 Å². The van der Waals surface area contributed by atoms with Crippen LogP contribution in [0.2, 0.25) is 0 Å². The van der Waals surface area contributed by atoms with Crippen LogP contribution in [0.1, 0.15) is 13.3 Å². The first-order valence-electron chi connectivity index (χ1n) is 4.22.